The van der Waals surface area contributed by atoms with Crippen LogP contribution in [0.5, 0.6) is 23.0 Å². The number of hydrogen-bond donors (Lipinski definition) is 0. The third kappa shape index (κ3) is 6.03. The molecule has 0 radical (unpaired) electrons. The summed E-state index contributed by atoms with van der Waals surface area (Å²) in [4.78, 5) is 2.34. The molecule has 0 spiro atoms. The van der Waals surface area contributed by atoms with Gasteiger partial charge in [-0.1, -0.05) is 12.1 Å². The molecule has 29 heavy (non-hydrogen) atoms. The van der Waals surface area contributed by atoms with Gasteiger partial charge < -0.3 is 23.8 Å². The third-order valence-electron chi connectivity index (χ3n) is 4.92. The van der Waals surface area contributed by atoms with Gasteiger partial charge in [-0.25, -0.2) is 0 Å². The molecule has 0 bridgehead atoms. The van der Waals surface area contributed by atoms with E-state index in [2.05, 4.69) is 30.1 Å². The quantitative estimate of drug-likeness (QED) is 0.538. The summed E-state index contributed by atoms with van der Waals surface area (Å²) in [5, 5.41) is 8.80. The molecule has 1 heterocycles. The lowest BCUT2D eigenvalue weighted by atomic mass is 10.1. The highest BCUT2D eigenvalue weighted by atomic mass is 16.7. The number of fused-ring (bicyclic) bond motifs is 1. The van der Waals surface area contributed by atoms with Gasteiger partial charge in [0.15, 0.2) is 23.0 Å². The second-order valence-electron chi connectivity index (χ2n) is 7.12. The summed E-state index contributed by atoms with van der Waals surface area (Å²) in [5.74, 6) is 3.08. The predicted molar refractivity (Wildman–Crippen MR) is 111 cm³/mol. The second-order valence-corrected chi connectivity index (χ2v) is 7.12. The summed E-state index contributed by atoms with van der Waals surface area (Å²) in [5.41, 5.74) is 2.19. The van der Waals surface area contributed by atoms with Crippen LogP contribution in [0.15, 0.2) is 36.4 Å². The van der Waals surface area contributed by atoms with E-state index in [0.29, 0.717) is 25.6 Å². The molecule has 0 atom stereocenters. The Bertz CT molecular complexity index is 847. The van der Waals surface area contributed by atoms with Crippen LogP contribution < -0.4 is 18.9 Å². The fourth-order valence-corrected chi connectivity index (χ4v) is 3.23. The molecule has 0 N–H and O–H groups in total. The summed E-state index contributed by atoms with van der Waals surface area (Å²) < 4.78 is 22.0. The van der Waals surface area contributed by atoms with Gasteiger partial charge in [0.25, 0.3) is 0 Å². The Balaban J connectivity index is 1.33. The molecule has 1 aliphatic heterocycles. The number of ether oxygens (including phenoxy) is 4. The number of hydrogen-bond acceptors (Lipinski definition) is 6. The lowest BCUT2D eigenvalue weighted by molar-refractivity contribution is 0.174. The Labute approximate surface area is 172 Å². The van der Waals surface area contributed by atoms with E-state index in [1.807, 2.05) is 24.3 Å². The molecule has 0 amide bonds. The van der Waals surface area contributed by atoms with Gasteiger partial charge in [-0.15, -0.1) is 0 Å². The topological polar surface area (TPSA) is 64.0 Å². The van der Waals surface area contributed by atoms with E-state index in [1.54, 1.807) is 7.11 Å². The van der Waals surface area contributed by atoms with Gasteiger partial charge in [0.2, 0.25) is 6.79 Å². The molecule has 0 unspecified atom stereocenters. The number of methoxy groups -OCH3 is 1. The summed E-state index contributed by atoms with van der Waals surface area (Å²) in [6.45, 7) is 2.97. The first kappa shape index (κ1) is 20.8. The van der Waals surface area contributed by atoms with Crippen LogP contribution in [0, 0.1) is 11.3 Å². The second kappa shape index (κ2) is 10.6. The van der Waals surface area contributed by atoms with Crippen LogP contribution in [-0.4, -0.2) is 45.5 Å². The fourth-order valence-electron chi connectivity index (χ4n) is 3.23. The predicted octanol–water partition coefficient (Wildman–Crippen LogP) is 3.82. The molecule has 0 fully saturated rings. The first-order valence-electron chi connectivity index (χ1n) is 9.93. The Kier molecular flexibility index (Phi) is 7.60. The number of likely N-dealkylation sites (N-methyl/N-ethyl adjacent to an activating group) is 1. The Morgan fingerprint density at radius 3 is 2.66 bits per heavy atom. The van der Waals surface area contributed by atoms with E-state index < -0.39 is 0 Å². The van der Waals surface area contributed by atoms with Crippen molar-refractivity contribution in [3.05, 3.63) is 47.5 Å². The lowest BCUT2D eigenvalue weighted by Crippen LogP contribution is -2.22. The molecular weight excluding hydrogens is 368 g/mol. The van der Waals surface area contributed by atoms with Crippen molar-refractivity contribution in [2.45, 2.75) is 25.7 Å². The fraction of sp³-hybridized carbons (Fsp3) is 0.435. The molecule has 1 aliphatic rings. The largest absolute Gasteiger partial charge is 0.493 e. The highest BCUT2D eigenvalue weighted by molar-refractivity contribution is 5.45. The number of unbranched alkanes of at least 4 members (excludes halogenated alkanes) is 1. The van der Waals surface area contributed by atoms with Crippen LogP contribution in [0.25, 0.3) is 0 Å². The van der Waals surface area contributed by atoms with Gasteiger partial charge in [-0.05, 0) is 68.2 Å². The minimum absolute atomic E-state index is 0.316. The number of rotatable bonds is 11. The minimum atomic E-state index is 0.316. The van der Waals surface area contributed by atoms with E-state index in [1.165, 1.54) is 5.56 Å². The molecule has 2 aromatic carbocycles. The third-order valence-corrected chi connectivity index (χ3v) is 4.92. The zero-order valence-electron chi connectivity index (χ0n) is 17.1. The molecular formula is C23H28N2O4. The number of benzene rings is 2. The lowest BCUT2D eigenvalue weighted by Gasteiger charge is -2.17. The van der Waals surface area contributed by atoms with E-state index in [0.717, 1.165) is 55.2 Å². The van der Waals surface area contributed by atoms with Crippen molar-refractivity contribution in [1.29, 1.82) is 5.26 Å². The van der Waals surface area contributed by atoms with Crippen LogP contribution in [0.3, 0.4) is 0 Å². The van der Waals surface area contributed by atoms with Gasteiger partial charge >= 0.3 is 0 Å². The normalized spacial score (nSPS) is 12.1. The first-order valence-corrected chi connectivity index (χ1v) is 9.93. The monoisotopic (exact) mass is 396 g/mol. The maximum absolute atomic E-state index is 8.80. The summed E-state index contributed by atoms with van der Waals surface area (Å²) in [7, 11) is 3.76. The Hall–Kier alpha value is -2.91. The molecule has 6 nitrogen and oxygen atoms in total. The van der Waals surface area contributed by atoms with Crippen molar-refractivity contribution >= 4 is 0 Å². The Morgan fingerprint density at radius 1 is 1.00 bits per heavy atom. The molecule has 0 aliphatic carbocycles. The van der Waals surface area contributed by atoms with Crippen LogP contribution in [-0.2, 0) is 12.8 Å². The van der Waals surface area contributed by atoms with E-state index in [4.69, 9.17) is 24.2 Å². The Morgan fingerprint density at radius 2 is 1.83 bits per heavy atom. The summed E-state index contributed by atoms with van der Waals surface area (Å²) in [6.07, 6.45) is 3.38. The maximum atomic E-state index is 8.80. The van der Waals surface area contributed by atoms with E-state index >= 15 is 0 Å². The van der Waals surface area contributed by atoms with Gasteiger partial charge in [0.05, 0.1) is 26.2 Å². The van der Waals surface area contributed by atoms with Crippen molar-refractivity contribution < 1.29 is 18.9 Å². The van der Waals surface area contributed by atoms with Gasteiger partial charge in [-0.3, -0.25) is 0 Å². The highest BCUT2D eigenvalue weighted by Gasteiger charge is 2.13. The van der Waals surface area contributed by atoms with Crippen LogP contribution in [0.1, 0.15) is 24.0 Å². The van der Waals surface area contributed by atoms with Gasteiger partial charge in [0.1, 0.15) is 0 Å². The minimum Gasteiger partial charge on any atom is -0.493 e. The molecule has 2 aromatic rings. The van der Waals surface area contributed by atoms with Crippen molar-refractivity contribution in [2.24, 2.45) is 0 Å². The number of nitrogens with zero attached hydrogens (tertiary/aromatic N) is 2. The first-order chi connectivity index (χ1) is 14.2. The van der Waals surface area contributed by atoms with Crippen molar-refractivity contribution in [3.8, 4) is 29.1 Å². The van der Waals surface area contributed by atoms with Crippen LogP contribution >= 0.6 is 0 Å². The molecule has 154 valence electrons. The molecule has 0 aromatic heterocycles. The van der Waals surface area contributed by atoms with Crippen LogP contribution in [0.4, 0.5) is 0 Å². The van der Waals surface area contributed by atoms with Crippen molar-refractivity contribution in [1.82, 2.24) is 4.90 Å². The maximum Gasteiger partial charge on any atom is 0.231 e. The van der Waals surface area contributed by atoms with E-state index in [9.17, 15) is 0 Å². The smallest absolute Gasteiger partial charge is 0.231 e. The average molecular weight is 396 g/mol. The average Bonchev–Trinajstić information content (AvgIpc) is 3.21. The van der Waals surface area contributed by atoms with Crippen molar-refractivity contribution in [2.75, 3.05) is 40.6 Å². The summed E-state index contributed by atoms with van der Waals surface area (Å²) >= 11 is 0. The number of nitriles is 1. The van der Waals surface area contributed by atoms with Crippen LogP contribution in [0.2, 0.25) is 0 Å². The molecule has 3 rings (SSSR count). The summed E-state index contributed by atoms with van der Waals surface area (Å²) in [6, 6.07) is 13.9. The SMILES string of the molecule is COc1cc(CC#N)ccc1OCCCCN(C)CCc1ccc2c(c1)OCO2. The molecule has 0 saturated heterocycles. The van der Waals surface area contributed by atoms with Gasteiger partial charge in [-0.2, -0.15) is 5.26 Å². The zero-order chi connectivity index (χ0) is 20.5. The van der Waals surface area contributed by atoms with Crippen molar-refractivity contribution in [3.63, 3.8) is 0 Å². The van der Waals surface area contributed by atoms with Gasteiger partial charge in [0, 0.05) is 6.54 Å². The molecule has 0 saturated carbocycles. The standard InChI is InChI=1S/C23H28N2O4/c1-25(13-10-19-6-8-21-23(16-19)29-17-28-21)12-3-4-14-27-20-7-5-18(9-11-24)15-22(20)26-2/h5-8,15-16H,3-4,9-10,12-14,17H2,1-2H3. The molecule has 6 heteroatoms. The zero-order valence-corrected chi connectivity index (χ0v) is 17.1. The van der Waals surface area contributed by atoms with E-state index in [-0.39, 0.29) is 0 Å². The highest BCUT2D eigenvalue weighted by Crippen LogP contribution is 2.32.